The van der Waals surface area contributed by atoms with Crippen molar-refractivity contribution in [2.45, 2.75) is 32.7 Å². The molecule has 0 atom stereocenters. The molecule has 0 bridgehead atoms. The molecule has 0 aliphatic heterocycles. The lowest BCUT2D eigenvalue weighted by Crippen LogP contribution is -2.40. The van der Waals surface area contributed by atoms with Crippen molar-refractivity contribution < 1.29 is 9.59 Å². The Hall–Kier alpha value is -3.45. The number of fused-ring (bicyclic) bond motifs is 1. The van der Waals surface area contributed by atoms with Crippen molar-refractivity contribution in [3.8, 4) is 11.1 Å². The maximum absolute atomic E-state index is 13.6. The number of hydrogen-bond acceptors (Lipinski definition) is 4. The predicted molar refractivity (Wildman–Crippen MR) is 131 cm³/mol. The molecule has 5 rings (SSSR count). The highest BCUT2D eigenvalue weighted by atomic mass is 32.1. The van der Waals surface area contributed by atoms with Crippen LogP contribution >= 0.6 is 11.3 Å². The largest absolute Gasteiger partial charge is 0.349 e. The van der Waals surface area contributed by atoms with Crippen LogP contribution in [-0.2, 0) is 0 Å². The Morgan fingerprint density at radius 2 is 1.97 bits per heavy atom. The van der Waals surface area contributed by atoms with E-state index in [1.54, 1.807) is 0 Å². The number of thiazole rings is 1. The van der Waals surface area contributed by atoms with Crippen molar-refractivity contribution in [1.82, 2.24) is 19.6 Å². The fourth-order valence-electron chi connectivity index (χ4n) is 4.27. The first-order chi connectivity index (χ1) is 16.0. The summed E-state index contributed by atoms with van der Waals surface area (Å²) in [5, 5.41) is 4.91. The number of hydrogen-bond donors (Lipinski definition) is 1. The topological polar surface area (TPSA) is 66.7 Å². The smallest absolute Gasteiger partial charge is 0.270 e. The van der Waals surface area contributed by atoms with Crippen molar-refractivity contribution in [2.75, 3.05) is 13.1 Å². The third-order valence-corrected chi connectivity index (χ3v) is 6.78. The molecular formula is C26H26N4O2S. The molecule has 1 aliphatic rings. The third kappa shape index (κ3) is 4.28. The number of carbonyl (C=O) groups is 2. The Labute approximate surface area is 196 Å². The molecule has 2 amide bonds. The molecule has 33 heavy (non-hydrogen) atoms. The second kappa shape index (κ2) is 8.83. The van der Waals surface area contributed by atoms with Gasteiger partial charge in [-0.25, -0.2) is 4.98 Å². The minimum absolute atomic E-state index is 0.0182. The minimum atomic E-state index is -0.165. The normalized spacial score (nSPS) is 13.3. The standard InChI is InChI=1S/C26H26N4O2S/c1-17-6-5-7-19(16-17)21-8-3-4-9-22(21)25(32)29(20-10-11-20)13-12-27-24(31)23-18(2)28-26-30(23)14-15-33-26/h3-9,14-16,20H,10-13H2,1-2H3,(H,27,31). The van der Waals surface area contributed by atoms with Crippen molar-refractivity contribution in [1.29, 1.82) is 0 Å². The van der Waals surface area contributed by atoms with E-state index in [1.165, 1.54) is 11.3 Å². The van der Waals surface area contributed by atoms with E-state index >= 15 is 0 Å². The predicted octanol–water partition coefficient (Wildman–Crippen LogP) is 4.71. The molecule has 1 aliphatic carbocycles. The number of nitrogens with one attached hydrogen (secondary N) is 1. The summed E-state index contributed by atoms with van der Waals surface area (Å²) >= 11 is 1.50. The number of carbonyl (C=O) groups excluding carboxylic acids is 2. The summed E-state index contributed by atoms with van der Waals surface area (Å²) in [6.07, 6.45) is 3.87. The van der Waals surface area contributed by atoms with E-state index in [0.717, 1.165) is 34.5 Å². The van der Waals surface area contributed by atoms with Gasteiger partial charge < -0.3 is 10.2 Å². The van der Waals surface area contributed by atoms with E-state index in [0.29, 0.717) is 30.0 Å². The van der Waals surface area contributed by atoms with Crippen LogP contribution in [0.1, 0.15) is 44.9 Å². The van der Waals surface area contributed by atoms with Gasteiger partial charge in [0.1, 0.15) is 5.69 Å². The molecule has 0 radical (unpaired) electrons. The number of aryl methyl sites for hydroxylation is 2. The van der Waals surface area contributed by atoms with Crippen LogP contribution in [0.25, 0.3) is 16.1 Å². The minimum Gasteiger partial charge on any atom is -0.349 e. The van der Waals surface area contributed by atoms with Gasteiger partial charge in [0.05, 0.1) is 5.69 Å². The summed E-state index contributed by atoms with van der Waals surface area (Å²) < 4.78 is 1.82. The molecule has 168 valence electrons. The zero-order chi connectivity index (χ0) is 22.9. The highest BCUT2D eigenvalue weighted by Gasteiger charge is 2.33. The van der Waals surface area contributed by atoms with Gasteiger partial charge in [0.25, 0.3) is 11.8 Å². The second-order valence-electron chi connectivity index (χ2n) is 8.50. The SMILES string of the molecule is Cc1cccc(-c2ccccc2C(=O)N(CCNC(=O)c2c(C)nc3sccn23)C2CC2)c1. The molecule has 1 N–H and O–H groups in total. The second-order valence-corrected chi connectivity index (χ2v) is 9.38. The first-order valence-corrected chi connectivity index (χ1v) is 12.1. The zero-order valence-electron chi connectivity index (χ0n) is 18.7. The number of rotatable bonds is 7. The Balaban J connectivity index is 1.32. The van der Waals surface area contributed by atoms with Crippen molar-refractivity contribution in [2.24, 2.45) is 0 Å². The lowest BCUT2D eigenvalue weighted by atomic mass is 9.97. The quantitative estimate of drug-likeness (QED) is 0.436. The van der Waals surface area contributed by atoms with E-state index in [-0.39, 0.29) is 17.9 Å². The highest BCUT2D eigenvalue weighted by molar-refractivity contribution is 7.15. The van der Waals surface area contributed by atoms with Gasteiger partial charge in [0.2, 0.25) is 0 Å². The van der Waals surface area contributed by atoms with E-state index in [2.05, 4.69) is 29.4 Å². The van der Waals surface area contributed by atoms with Gasteiger partial charge >= 0.3 is 0 Å². The Bertz CT molecular complexity index is 1340. The summed E-state index contributed by atoms with van der Waals surface area (Å²) in [6.45, 7) is 4.77. The molecule has 0 unspecified atom stereocenters. The molecular weight excluding hydrogens is 432 g/mol. The molecule has 4 aromatic rings. The molecule has 2 heterocycles. The van der Waals surface area contributed by atoms with Gasteiger partial charge in [-0.15, -0.1) is 11.3 Å². The summed E-state index contributed by atoms with van der Waals surface area (Å²) in [4.78, 5) is 33.6. The van der Waals surface area contributed by atoms with Gasteiger partial charge in [-0.3, -0.25) is 14.0 Å². The molecule has 0 spiro atoms. The van der Waals surface area contributed by atoms with Crippen LogP contribution in [0.3, 0.4) is 0 Å². The van der Waals surface area contributed by atoms with E-state index in [1.807, 2.05) is 64.2 Å². The van der Waals surface area contributed by atoms with Gasteiger partial charge in [0, 0.05) is 36.3 Å². The van der Waals surface area contributed by atoms with Crippen LogP contribution in [0, 0.1) is 13.8 Å². The third-order valence-electron chi connectivity index (χ3n) is 6.02. The number of aromatic nitrogens is 2. The molecule has 7 heteroatoms. The van der Waals surface area contributed by atoms with Crippen LogP contribution in [0.4, 0.5) is 0 Å². The molecule has 0 saturated heterocycles. The van der Waals surface area contributed by atoms with Crippen LogP contribution in [0.15, 0.2) is 60.1 Å². The summed E-state index contributed by atoms with van der Waals surface area (Å²) in [7, 11) is 0. The molecule has 1 fully saturated rings. The first-order valence-electron chi connectivity index (χ1n) is 11.2. The van der Waals surface area contributed by atoms with Crippen LogP contribution in [0.5, 0.6) is 0 Å². The monoisotopic (exact) mass is 458 g/mol. The summed E-state index contributed by atoms with van der Waals surface area (Å²) in [5.74, 6) is -0.147. The fraction of sp³-hybridized carbons (Fsp3) is 0.269. The molecule has 6 nitrogen and oxygen atoms in total. The zero-order valence-corrected chi connectivity index (χ0v) is 19.6. The van der Waals surface area contributed by atoms with Crippen LogP contribution in [-0.4, -0.2) is 45.2 Å². The number of imidazole rings is 1. The maximum Gasteiger partial charge on any atom is 0.270 e. The Kier molecular flexibility index (Phi) is 5.72. The van der Waals surface area contributed by atoms with Crippen molar-refractivity contribution in [3.05, 3.63) is 82.6 Å². The molecule has 1 saturated carbocycles. The van der Waals surface area contributed by atoms with E-state index < -0.39 is 0 Å². The lowest BCUT2D eigenvalue weighted by Gasteiger charge is -2.24. The van der Waals surface area contributed by atoms with Crippen LogP contribution < -0.4 is 5.32 Å². The molecule has 2 aromatic carbocycles. The van der Waals surface area contributed by atoms with E-state index in [4.69, 9.17) is 0 Å². The van der Waals surface area contributed by atoms with E-state index in [9.17, 15) is 9.59 Å². The average Bonchev–Trinajstić information content (AvgIpc) is 3.47. The lowest BCUT2D eigenvalue weighted by molar-refractivity contribution is 0.0736. The average molecular weight is 459 g/mol. The maximum atomic E-state index is 13.6. The van der Waals surface area contributed by atoms with Gasteiger partial charge in [0.15, 0.2) is 4.96 Å². The van der Waals surface area contributed by atoms with Gasteiger partial charge in [-0.2, -0.15) is 0 Å². The van der Waals surface area contributed by atoms with Gasteiger partial charge in [-0.1, -0.05) is 48.0 Å². The molecule has 2 aromatic heterocycles. The summed E-state index contributed by atoms with van der Waals surface area (Å²) in [5.41, 5.74) is 5.11. The number of nitrogens with zero attached hydrogens (tertiary/aromatic N) is 3. The Morgan fingerprint density at radius 3 is 2.76 bits per heavy atom. The van der Waals surface area contributed by atoms with Crippen molar-refractivity contribution in [3.63, 3.8) is 0 Å². The van der Waals surface area contributed by atoms with Crippen LogP contribution in [0.2, 0.25) is 0 Å². The number of benzene rings is 2. The fourth-order valence-corrected chi connectivity index (χ4v) is 5.03. The number of amides is 2. The first kappa shape index (κ1) is 21.4. The highest BCUT2D eigenvalue weighted by Crippen LogP contribution is 2.31. The van der Waals surface area contributed by atoms with Gasteiger partial charge in [-0.05, 0) is 43.9 Å². The van der Waals surface area contributed by atoms with Crippen molar-refractivity contribution >= 4 is 28.1 Å². The Morgan fingerprint density at radius 1 is 1.15 bits per heavy atom. The summed E-state index contributed by atoms with van der Waals surface area (Å²) in [6, 6.07) is 16.2.